The quantitative estimate of drug-likeness (QED) is 0.337. The molecular weight excluding hydrogens is 436 g/mol. The van der Waals surface area contributed by atoms with E-state index in [1.807, 2.05) is 0 Å². The molecule has 1 fully saturated rings. The molecule has 13 nitrogen and oxygen atoms in total. The van der Waals surface area contributed by atoms with Crippen LogP contribution in [0.4, 0.5) is 0 Å². The van der Waals surface area contributed by atoms with Crippen molar-refractivity contribution >= 4 is 35.8 Å². The fraction of sp³-hybridized carbons (Fsp3) is 0.684. The lowest BCUT2D eigenvalue weighted by atomic mass is 9.94. The van der Waals surface area contributed by atoms with Gasteiger partial charge in [0.1, 0.15) is 12.7 Å². The minimum Gasteiger partial charge on any atom is -0.462 e. The zero-order valence-corrected chi connectivity index (χ0v) is 18.5. The van der Waals surface area contributed by atoms with Crippen molar-refractivity contribution in [2.75, 3.05) is 6.61 Å². The molecule has 1 heterocycles. The lowest BCUT2D eigenvalue weighted by Gasteiger charge is -2.45. The van der Waals surface area contributed by atoms with E-state index in [4.69, 9.17) is 33.2 Å². The molecule has 180 valence electrons. The molecule has 0 aromatic carbocycles. The maximum atomic E-state index is 11.8. The van der Waals surface area contributed by atoms with Crippen molar-refractivity contribution < 1.29 is 61.9 Å². The highest BCUT2D eigenvalue weighted by Crippen LogP contribution is 2.32. The summed E-state index contributed by atoms with van der Waals surface area (Å²) >= 11 is 0. The van der Waals surface area contributed by atoms with Crippen LogP contribution in [-0.2, 0) is 61.9 Å². The first-order chi connectivity index (χ1) is 14.8. The van der Waals surface area contributed by atoms with Crippen LogP contribution in [0.1, 0.15) is 41.5 Å². The van der Waals surface area contributed by atoms with Gasteiger partial charge in [-0.25, -0.2) is 0 Å². The normalized spacial score (nSPS) is 25.5. The Morgan fingerprint density at radius 2 is 1.09 bits per heavy atom. The van der Waals surface area contributed by atoms with Crippen molar-refractivity contribution in [2.45, 2.75) is 78.4 Å². The Hall–Kier alpha value is -3.22. The second-order valence-corrected chi connectivity index (χ2v) is 6.75. The smallest absolute Gasteiger partial charge is 0.305 e. The zero-order chi connectivity index (χ0) is 24.6. The second-order valence-electron chi connectivity index (χ2n) is 6.75. The maximum absolute atomic E-state index is 11.8. The van der Waals surface area contributed by atoms with Gasteiger partial charge in [0.2, 0.25) is 12.4 Å². The summed E-state index contributed by atoms with van der Waals surface area (Å²) in [7, 11) is 0. The number of rotatable bonds is 8. The molecular formula is C19H26O13. The number of ether oxygens (including phenoxy) is 7. The third kappa shape index (κ3) is 8.49. The summed E-state index contributed by atoms with van der Waals surface area (Å²) in [6, 6.07) is 0. The molecule has 6 atom stereocenters. The topological polar surface area (TPSA) is 167 Å². The maximum Gasteiger partial charge on any atom is 0.305 e. The van der Waals surface area contributed by atoms with E-state index in [1.54, 1.807) is 0 Å². The first-order valence-electron chi connectivity index (χ1n) is 9.46. The Kier molecular flexibility index (Phi) is 10.0. The SMILES string of the molecule is CC(=O)OC[C@H](OC(C)=O)C1O[C@H](OC(C)=O)[C@@H](OC(C)=O)[C@@H](OC(C)=O)[C@@H]1OC(C)=O. The standard InChI is InChI=1S/C19H26O13/c1-8(20)26-7-14(27-9(2)21)15-16(28-10(3)22)17(29-11(4)23)18(30-12(5)24)19(32-15)31-13(6)25/h14-19H,7H2,1-6H3/t14-,15?,16+,17-,18-,19-/m0/s1. The molecule has 0 N–H and O–H groups in total. The second kappa shape index (κ2) is 12.0. The van der Waals surface area contributed by atoms with Crippen LogP contribution in [-0.4, -0.2) is 79.2 Å². The molecule has 0 spiro atoms. The molecule has 1 aliphatic heterocycles. The summed E-state index contributed by atoms with van der Waals surface area (Å²) in [5, 5.41) is 0. The van der Waals surface area contributed by atoms with Crippen molar-refractivity contribution in [2.24, 2.45) is 0 Å². The van der Waals surface area contributed by atoms with Crippen LogP contribution in [0.3, 0.4) is 0 Å². The lowest BCUT2D eigenvalue weighted by molar-refractivity contribution is -0.310. The largest absolute Gasteiger partial charge is 0.462 e. The summed E-state index contributed by atoms with van der Waals surface area (Å²) in [5.41, 5.74) is 0. The van der Waals surface area contributed by atoms with Crippen molar-refractivity contribution in [1.29, 1.82) is 0 Å². The highest BCUT2D eigenvalue weighted by Gasteiger charge is 2.56. The molecule has 0 aromatic rings. The summed E-state index contributed by atoms with van der Waals surface area (Å²) < 4.78 is 36.4. The molecule has 0 aliphatic carbocycles. The van der Waals surface area contributed by atoms with E-state index in [-0.39, 0.29) is 0 Å². The number of hydrogen-bond acceptors (Lipinski definition) is 13. The molecule has 0 radical (unpaired) electrons. The Bertz CT molecular complexity index is 732. The summed E-state index contributed by atoms with van der Waals surface area (Å²) in [6.45, 7) is 5.83. The molecule has 0 aromatic heterocycles. The van der Waals surface area contributed by atoms with Gasteiger partial charge in [-0.15, -0.1) is 0 Å². The third-order valence-corrected chi connectivity index (χ3v) is 3.85. The minimum atomic E-state index is -1.65. The fourth-order valence-corrected chi connectivity index (χ4v) is 2.97. The van der Waals surface area contributed by atoms with Gasteiger partial charge in [-0.3, -0.25) is 28.8 Å². The van der Waals surface area contributed by atoms with Crippen LogP contribution in [0.25, 0.3) is 0 Å². The number of carbonyl (C=O) groups is 6. The van der Waals surface area contributed by atoms with Gasteiger partial charge in [-0.2, -0.15) is 0 Å². The van der Waals surface area contributed by atoms with Crippen molar-refractivity contribution in [3.8, 4) is 0 Å². The molecule has 1 aliphatic rings. The molecule has 1 unspecified atom stereocenters. The lowest BCUT2D eigenvalue weighted by Crippen LogP contribution is -2.65. The van der Waals surface area contributed by atoms with Crippen LogP contribution >= 0.6 is 0 Å². The highest BCUT2D eigenvalue weighted by atomic mass is 16.7. The highest BCUT2D eigenvalue weighted by molar-refractivity contribution is 5.69. The Morgan fingerprint density at radius 1 is 0.625 bits per heavy atom. The molecule has 1 rings (SSSR count). The first-order valence-corrected chi connectivity index (χ1v) is 9.46. The van der Waals surface area contributed by atoms with Gasteiger partial charge in [-0.05, 0) is 0 Å². The van der Waals surface area contributed by atoms with E-state index in [9.17, 15) is 28.8 Å². The summed E-state index contributed by atoms with van der Waals surface area (Å²) in [4.78, 5) is 69.7. The van der Waals surface area contributed by atoms with Crippen LogP contribution < -0.4 is 0 Å². The van der Waals surface area contributed by atoms with Crippen LogP contribution in [0.15, 0.2) is 0 Å². The third-order valence-electron chi connectivity index (χ3n) is 3.85. The van der Waals surface area contributed by atoms with Gasteiger partial charge in [0.25, 0.3) is 0 Å². The molecule has 0 bridgehead atoms. The molecule has 0 saturated carbocycles. The predicted octanol–water partition coefficient (Wildman–Crippen LogP) is -0.436. The molecule has 1 saturated heterocycles. The van der Waals surface area contributed by atoms with Crippen molar-refractivity contribution in [3.05, 3.63) is 0 Å². The predicted molar refractivity (Wildman–Crippen MR) is 99.3 cm³/mol. The van der Waals surface area contributed by atoms with Crippen molar-refractivity contribution in [1.82, 2.24) is 0 Å². The number of hydrogen-bond donors (Lipinski definition) is 0. The van der Waals surface area contributed by atoms with E-state index in [2.05, 4.69) is 0 Å². The van der Waals surface area contributed by atoms with E-state index >= 15 is 0 Å². The van der Waals surface area contributed by atoms with Gasteiger partial charge in [0.05, 0.1) is 0 Å². The average molecular weight is 462 g/mol. The summed E-state index contributed by atoms with van der Waals surface area (Å²) in [5.74, 6) is -4.90. The fourth-order valence-electron chi connectivity index (χ4n) is 2.97. The van der Waals surface area contributed by atoms with Crippen LogP contribution in [0, 0.1) is 0 Å². The van der Waals surface area contributed by atoms with E-state index in [1.165, 1.54) is 0 Å². The number of carbonyl (C=O) groups excluding carboxylic acids is 6. The first kappa shape index (κ1) is 26.8. The summed E-state index contributed by atoms with van der Waals surface area (Å²) in [6.07, 6.45) is -9.05. The van der Waals surface area contributed by atoms with Crippen LogP contribution in [0.5, 0.6) is 0 Å². The molecule has 0 amide bonds. The Morgan fingerprint density at radius 3 is 1.53 bits per heavy atom. The minimum absolute atomic E-state index is 0.533. The molecule has 32 heavy (non-hydrogen) atoms. The van der Waals surface area contributed by atoms with Gasteiger partial charge >= 0.3 is 35.8 Å². The van der Waals surface area contributed by atoms with Gasteiger partial charge in [0.15, 0.2) is 18.3 Å². The van der Waals surface area contributed by atoms with Gasteiger partial charge < -0.3 is 33.2 Å². The zero-order valence-electron chi connectivity index (χ0n) is 18.5. The number of esters is 6. The van der Waals surface area contributed by atoms with Crippen LogP contribution in [0.2, 0.25) is 0 Å². The van der Waals surface area contributed by atoms with Gasteiger partial charge in [0, 0.05) is 41.5 Å². The van der Waals surface area contributed by atoms with E-state index < -0.39 is 79.2 Å². The van der Waals surface area contributed by atoms with Crippen molar-refractivity contribution in [3.63, 3.8) is 0 Å². The Balaban J connectivity index is 3.52. The Labute approximate surface area is 183 Å². The van der Waals surface area contributed by atoms with E-state index in [0.29, 0.717) is 0 Å². The monoisotopic (exact) mass is 462 g/mol. The average Bonchev–Trinajstić information content (AvgIpc) is 2.61. The van der Waals surface area contributed by atoms with Gasteiger partial charge in [-0.1, -0.05) is 0 Å². The van der Waals surface area contributed by atoms with E-state index in [0.717, 1.165) is 41.5 Å². The molecule has 13 heteroatoms.